The second-order valence-electron chi connectivity index (χ2n) is 3.35. The lowest BCUT2D eigenvalue weighted by Crippen LogP contribution is -1.88. The van der Waals surface area contributed by atoms with Gasteiger partial charge in [0.05, 0.1) is 8.95 Å². The lowest BCUT2D eigenvalue weighted by molar-refractivity contribution is 0.475. The molecule has 0 aliphatic carbocycles. The standard InChI is InChI=1S/C12H5Br5O/c13-7-2-1-6(5-10(7)16)18-12-9(15)4-3-8(14)11(12)17/h1-5H. The minimum atomic E-state index is 0.735. The smallest absolute Gasteiger partial charge is 0.156 e. The van der Waals surface area contributed by atoms with Gasteiger partial charge >= 0.3 is 0 Å². The van der Waals surface area contributed by atoms with E-state index < -0.39 is 0 Å². The molecule has 0 aliphatic heterocycles. The van der Waals surface area contributed by atoms with Crippen molar-refractivity contribution in [3.8, 4) is 11.5 Å². The average molecular weight is 565 g/mol. The molecule has 2 aromatic rings. The highest BCUT2D eigenvalue weighted by Gasteiger charge is 2.11. The zero-order chi connectivity index (χ0) is 13.3. The first-order chi connectivity index (χ1) is 8.49. The molecule has 0 unspecified atom stereocenters. The summed E-state index contributed by atoms with van der Waals surface area (Å²) in [6.45, 7) is 0. The van der Waals surface area contributed by atoms with E-state index in [0.29, 0.717) is 0 Å². The van der Waals surface area contributed by atoms with Gasteiger partial charge in [-0.3, -0.25) is 0 Å². The molecule has 0 N–H and O–H groups in total. The Labute approximate surface area is 147 Å². The number of halogens is 5. The zero-order valence-corrected chi connectivity index (χ0v) is 16.6. The summed E-state index contributed by atoms with van der Waals surface area (Å²) in [6, 6.07) is 9.61. The predicted octanol–water partition coefficient (Wildman–Crippen LogP) is 7.29. The zero-order valence-electron chi connectivity index (χ0n) is 8.68. The average Bonchev–Trinajstić information content (AvgIpc) is 2.34. The highest BCUT2D eigenvalue weighted by atomic mass is 79.9. The summed E-state index contributed by atoms with van der Waals surface area (Å²) in [5.41, 5.74) is 0. The third-order valence-corrected chi connectivity index (χ3v) is 6.60. The molecule has 0 saturated carbocycles. The largest absolute Gasteiger partial charge is 0.455 e. The quantitative estimate of drug-likeness (QED) is 0.348. The molecule has 0 bridgehead atoms. The van der Waals surface area contributed by atoms with Crippen molar-refractivity contribution in [1.82, 2.24) is 0 Å². The van der Waals surface area contributed by atoms with E-state index in [1.54, 1.807) is 0 Å². The maximum absolute atomic E-state index is 5.88. The van der Waals surface area contributed by atoms with Crippen molar-refractivity contribution in [3.05, 3.63) is 52.7 Å². The Morgan fingerprint density at radius 1 is 0.667 bits per heavy atom. The highest BCUT2D eigenvalue weighted by Crippen LogP contribution is 2.41. The van der Waals surface area contributed by atoms with Gasteiger partial charge in [-0.2, -0.15) is 0 Å². The lowest BCUT2D eigenvalue weighted by Gasteiger charge is -2.11. The summed E-state index contributed by atoms with van der Waals surface area (Å²) < 4.78 is 10.5. The van der Waals surface area contributed by atoms with Crippen LogP contribution in [-0.4, -0.2) is 0 Å². The molecule has 18 heavy (non-hydrogen) atoms. The minimum absolute atomic E-state index is 0.735. The van der Waals surface area contributed by atoms with Crippen molar-refractivity contribution in [3.63, 3.8) is 0 Å². The molecule has 1 nitrogen and oxygen atoms in total. The first-order valence-electron chi connectivity index (χ1n) is 4.75. The van der Waals surface area contributed by atoms with Crippen molar-refractivity contribution in [1.29, 1.82) is 0 Å². The third-order valence-electron chi connectivity index (χ3n) is 2.11. The number of benzene rings is 2. The van der Waals surface area contributed by atoms with E-state index in [1.165, 1.54) is 0 Å². The summed E-state index contributed by atoms with van der Waals surface area (Å²) in [5, 5.41) is 0. The Morgan fingerprint density at radius 3 is 1.94 bits per heavy atom. The molecule has 0 spiro atoms. The van der Waals surface area contributed by atoms with E-state index in [0.717, 1.165) is 33.9 Å². The molecular formula is C12H5Br5O. The lowest BCUT2D eigenvalue weighted by atomic mass is 10.3. The van der Waals surface area contributed by atoms with Gasteiger partial charge in [0.15, 0.2) is 5.75 Å². The van der Waals surface area contributed by atoms with Gasteiger partial charge in [-0.25, -0.2) is 0 Å². The van der Waals surface area contributed by atoms with Crippen LogP contribution in [0.3, 0.4) is 0 Å². The molecule has 0 aliphatic rings. The van der Waals surface area contributed by atoms with Gasteiger partial charge in [0.2, 0.25) is 0 Å². The fourth-order valence-corrected chi connectivity index (χ4v) is 3.28. The molecule has 0 radical (unpaired) electrons. The molecule has 6 heteroatoms. The Hall–Kier alpha value is 0.640. The van der Waals surface area contributed by atoms with Gasteiger partial charge in [0.1, 0.15) is 5.75 Å². The Morgan fingerprint density at radius 2 is 1.28 bits per heavy atom. The molecule has 2 rings (SSSR count). The normalized spacial score (nSPS) is 10.5. The van der Waals surface area contributed by atoms with E-state index in [4.69, 9.17) is 4.74 Å². The second kappa shape index (κ2) is 6.39. The highest BCUT2D eigenvalue weighted by molar-refractivity contribution is 9.13. The van der Waals surface area contributed by atoms with Gasteiger partial charge in [0, 0.05) is 13.4 Å². The first kappa shape index (κ1) is 15.0. The molecule has 0 amide bonds. The number of ether oxygens (including phenoxy) is 1. The third kappa shape index (κ3) is 3.39. The van der Waals surface area contributed by atoms with Gasteiger partial charge in [-0.1, -0.05) is 0 Å². The molecule has 0 heterocycles. The van der Waals surface area contributed by atoms with Crippen LogP contribution in [-0.2, 0) is 0 Å². The van der Waals surface area contributed by atoms with Crippen LogP contribution in [0.4, 0.5) is 0 Å². The van der Waals surface area contributed by atoms with Gasteiger partial charge in [-0.15, -0.1) is 0 Å². The van der Waals surface area contributed by atoms with Crippen LogP contribution in [0.2, 0.25) is 0 Å². The number of hydrogen-bond acceptors (Lipinski definition) is 1. The van der Waals surface area contributed by atoms with Crippen molar-refractivity contribution < 1.29 is 4.74 Å². The summed E-state index contributed by atoms with van der Waals surface area (Å²) in [5.74, 6) is 1.49. The van der Waals surface area contributed by atoms with E-state index in [2.05, 4.69) is 79.6 Å². The molecule has 0 fully saturated rings. The maximum Gasteiger partial charge on any atom is 0.156 e. The second-order valence-corrected chi connectivity index (χ2v) is 7.56. The van der Waals surface area contributed by atoms with Crippen LogP contribution in [0.5, 0.6) is 11.5 Å². The fourth-order valence-electron chi connectivity index (χ4n) is 1.26. The monoisotopic (exact) mass is 560 g/mol. The summed E-state index contributed by atoms with van der Waals surface area (Å²) in [4.78, 5) is 0. The van der Waals surface area contributed by atoms with E-state index in [-0.39, 0.29) is 0 Å². The SMILES string of the molecule is Brc1ccc(Oc2c(Br)ccc(Br)c2Br)cc1Br. The van der Waals surface area contributed by atoms with Crippen LogP contribution < -0.4 is 4.74 Å². The maximum atomic E-state index is 5.88. The van der Waals surface area contributed by atoms with Gasteiger partial charge < -0.3 is 4.74 Å². The van der Waals surface area contributed by atoms with Crippen molar-refractivity contribution >= 4 is 79.6 Å². The summed E-state index contributed by atoms with van der Waals surface area (Å²) >= 11 is 17.3. The molecule has 94 valence electrons. The van der Waals surface area contributed by atoms with Crippen molar-refractivity contribution in [2.75, 3.05) is 0 Å². The van der Waals surface area contributed by atoms with Crippen LogP contribution in [0.15, 0.2) is 52.7 Å². The van der Waals surface area contributed by atoms with Gasteiger partial charge in [-0.05, 0) is 110 Å². The Balaban J connectivity index is 2.39. The molecule has 0 atom stereocenters. The first-order valence-corrected chi connectivity index (χ1v) is 8.72. The molecule has 0 aromatic heterocycles. The van der Waals surface area contributed by atoms with Crippen molar-refractivity contribution in [2.45, 2.75) is 0 Å². The molecule has 2 aromatic carbocycles. The predicted molar refractivity (Wildman–Crippen MR) is 91.5 cm³/mol. The number of rotatable bonds is 2. The topological polar surface area (TPSA) is 9.23 Å². The molecule has 0 saturated heterocycles. The van der Waals surface area contributed by atoms with Crippen LogP contribution in [0, 0.1) is 0 Å². The van der Waals surface area contributed by atoms with E-state index >= 15 is 0 Å². The minimum Gasteiger partial charge on any atom is -0.455 e. The van der Waals surface area contributed by atoms with Crippen LogP contribution in [0.1, 0.15) is 0 Å². The number of hydrogen-bond donors (Lipinski definition) is 0. The van der Waals surface area contributed by atoms with Crippen LogP contribution >= 0.6 is 79.6 Å². The van der Waals surface area contributed by atoms with E-state index in [9.17, 15) is 0 Å². The Bertz CT molecular complexity index is 597. The van der Waals surface area contributed by atoms with Crippen LogP contribution in [0.25, 0.3) is 0 Å². The molecular weight excluding hydrogens is 560 g/mol. The van der Waals surface area contributed by atoms with E-state index in [1.807, 2.05) is 30.3 Å². The Kier molecular flexibility index (Phi) is 5.34. The van der Waals surface area contributed by atoms with Gasteiger partial charge in [0.25, 0.3) is 0 Å². The summed E-state index contributed by atoms with van der Waals surface area (Å²) in [7, 11) is 0. The van der Waals surface area contributed by atoms with Crippen molar-refractivity contribution in [2.24, 2.45) is 0 Å². The summed E-state index contributed by atoms with van der Waals surface area (Å²) in [6.07, 6.45) is 0. The fraction of sp³-hybridized carbons (Fsp3) is 0.